The van der Waals surface area contributed by atoms with Crippen LogP contribution in [0.1, 0.15) is 31.2 Å². The summed E-state index contributed by atoms with van der Waals surface area (Å²) in [5, 5.41) is 5.11. The number of anilines is 1. The van der Waals surface area contributed by atoms with E-state index in [0.29, 0.717) is 36.7 Å². The maximum Gasteiger partial charge on any atom is 0.232 e. The topological polar surface area (TPSA) is 97.6 Å². The third kappa shape index (κ3) is 4.45. The molecule has 0 unspecified atom stereocenters. The average molecular weight is 458 g/mol. The van der Waals surface area contributed by atoms with Crippen molar-refractivity contribution in [1.29, 1.82) is 0 Å². The van der Waals surface area contributed by atoms with Crippen LogP contribution in [0.5, 0.6) is 0 Å². The first kappa shape index (κ1) is 21.4. The highest BCUT2D eigenvalue weighted by molar-refractivity contribution is 7.92. The van der Waals surface area contributed by atoms with Crippen LogP contribution in [-0.4, -0.2) is 48.5 Å². The van der Waals surface area contributed by atoms with Gasteiger partial charge in [-0.3, -0.25) is 9.29 Å². The number of sulfonamides is 1. The molecule has 0 aliphatic carbocycles. The van der Waals surface area contributed by atoms with E-state index < -0.39 is 10.0 Å². The van der Waals surface area contributed by atoms with Gasteiger partial charge >= 0.3 is 0 Å². The molecule has 0 bridgehead atoms. The van der Waals surface area contributed by atoms with Gasteiger partial charge in [0.25, 0.3) is 0 Å². The second-order valence-electron chi connectivity index (χ2n) is 7.20. The lowest BCUT2D eigenvalue weighted by molar-refractivity contribution is 0.144. The Labute approximate surface area is 185 Å². The van der Waals surface area contributed by atoms with Gasteiger partial charge in [0, 0.05) is 30.9 Å². The second-order valence-corrected chi connectivity index (χ2v) is 10.1. The lowest BCUT2D eigenvalue weighted by Gasteiger charge is -2.29. The number of thiazole rings is 1. The van der Waals surface area contributed by atoms with Gasteiger partial charge in [0.1, 0.15) is 23.0 Å². The fraction of sp³-hybridized carbons (Fsp3) is 0.333. The van der Waals surface area contributed by atoms with E-state index in [4.69, 9.17) is 9.82 Å². The SMILES string of the molecule is CCCO/N=C1\CCN(S(C)(=O)=O)c2ccc(-c3sc(-c4cccnc4)nc3C)nc21. The van der Waals surface area contributed by atoms with Crippen molar-refractivity contribution in [2.75, 3.05) is 23.7 Å². The molecule has 31 heavy (non-hydrogen) atoms. The normalized spacial score (nSPS) is 15.2. The zero-order valence-corrected chi connectivity index (χ0v) is 19.2. The number of pyridine rings is 2. The molecular formula is C21H23N5O3S2. The number of aryl methyl sites for hydroxylation is 1. The predicted molar refractivity (Wildman–Crippen MR) is 123 cm³/mol. The van der Waals surface area contributed by atoms with Gasteiger partial charge in [0.15, 0.2) is 0 Å². The Bertz CT molecular complexity index is 1220. The first-order chi connectivity index (χ1) is 14.9. The van der Waals surface area contributed by atoms with E-state index in [1.54, 1.807) is 18.5 Å². The van der Waals surface area contributed by atoms with E-state index in [1.807, 2.05) is 32.0 Å². The maximum atomic E-state index is 12.3. The lowest BCUT2D eigenvalue weighted by atomic mass is 10.1. The second kappa shape index (κ2) is 8.72. The smallest absolute Gasteiger partial charge is 0.232 e. The molecule has 162 valence electrons. The molecule has 0 N–H and O–H groups in total. The van der Waals surface area contributed by atoms with Crippen LogP contribution in [0.4, 0.5) is 5.69 Å². The number of rotatable bonds is 6. The standard InChI is InChI=1S/C21H23N5O3S2/c1-4-12-29-25-16-9-11-26(31(3,27)28)18-8-7-17(24-19(16)18)20-14(2)23-21(30-20)15-6-5-10-22-13-15/h5-8,10,13H,4,9,11-12H2,1-3H3/b25-16+. The monoisotopic (exact) mass is 457 g/mol. The van der Waals surface area contributed by atoms with E-state index in [-0.39, 0.29) is 0 Å². The van der Waals surface area contributed by atoms with Crippen molar-refractivity contribution in [3.8, 4) is 21.1 Å². The van der Waals surface area contributed by atoms with Crippen molar-refractivity contribution >= 4 is 32.8 Å². The van der Waals surface area contributed by atoms with E-state index >= 15 is 0 Å². The summed E-state index contributed by atoms with van der Waals surface area (Å²) in [6.45, 7) is 4.75. The summed E-state index contributed by atoms with van der Waals surface area (Å²) in [7, 11) is -3.42. The summed E-state index contributed by atoms with van der Waals surface area (Å²) in [6, 6.07) is 7.47. The van der Waals surface area contributed by atoms with Crippen LogP contribution in [0.3, 0.4) is 0 Å². The van der Waals surface area contributed by atoms with Gasteiger partial charge in [-0.2, -0.15) is 0 Å². The number of hydrogen-bond acceptors (Lipinski definition) is 8. The van der Waals surface area contributed by atoms with Crippen LogP contribution in [-0.2, 0) is 14.9 Å². The fourth-order valence-corrected chi connectivity index (χ4v) is 5.29. The van der Waals surface area contributed by atoms with Crippen molar-refractivity contribution in [1.82, 2.24) is 15.0 Å². The molecule has 0 saturated carbocycles. The molecule has 0 fully saturated rings. The summed E-state index contributed by atoms with van der Waals surface area (Å²) in [4.78, 5) is 20.0. The van der Waals surface area contributed by atoms with Gasteiger partial charge in [-0.15, -0.1) is 11.3 Å². The van der Waals surface area contributed by atoms with E-state index in [0.717, 1.165) is 33.3 Å². The zero-order valence-electron chi connectivity index (χ0n) is 17.6. The Morgan fingerprint density at radius 2 is 2.10 bits per heavy atom. The average Bonchev–Trinajstić information content (AvgIpc) is 3.15. The summed E-state index contributed by atoms with van der Waals surface area (Å²) >= 11 is 1.53. The van der Waals surface area contributed by atoms with Gasteiger partial charge in [0.05, 0.1) is 28.2 Å². The molecule has 3 aromatic heterocycles. The third-order valence-electron chi connectivity index (χ3n) is 4.78. The van der Waals surface area contributed by atoms with Gasteiger partial charge in [-0.1, -0.05) is 12.1 Å². The van der Waals surface area contributed by atoms with Crippen molar-refractivity contribution in [2.24, 2.45) is 5.16 Å². The number of fused-ring (bicyclic) bond motifs is 1. The van der Waals surface area contributed by atoms with E-state index in [9.17, 15) is 8.42 Å². The number of hydrogen-bond donors (Lipinski definition) is 0. The highest BCUT2D eigenvalue weighted by Gasteiger charge is 2.30. The Kier molecular flexibility index (Phi) is 6.01. The van der Waals surface area contributed by atoms with Crippen molar-refractivity contribution < 1.29 is 13.3 Å². The lowest BCUT2D eigenvalue weighted by Crippen LogP contribution is -2.37. The predicted octanol–water partition coefficient (Wildman–Crippen LogP) is 3.88. The molecule has 0 atom stereocenters. The van der Waals surface area contributed by atoms with Gasteiger partial charge < -0.3 is 4.84 Å². The Hall–Kier alpha value is -2.85. The van der Waals surface area contributed by atoms with Crippen LogP contribution in [0.2, 0.25) is 0 Å². The van der Waals surface area contributed by atoms with Crippen molar-refractivity contribution in [3.05, 3.63) is 48.0 Å². The molecule has 8 nitrogen and oxygen atoms in total. The van der Waals surface area contributed by atoms with Crippen LogP contribution in [0, 0.1) is 6.92 Å². The van der Waals surface area contributed by atoms with E-state index in [2.05, 4.69) is 15.1 Å². The molecule has 4 heterocycles. The molecule has 0 saturated heterocycles. The van der Waals surface area contributed by atoms with Gasteiger partial charge in [-0.05, 0) is 37.6 Å². The van der Waals surface area contributed by atoms with Crippen LogP contribution >= 0.6 is 11.3 Å². The minimum absolute atomic E-state index is 0.311. The van der Waals surface area contributed by atoms with Crippen molar-refractivity contribution in [3.63, 3.8) is 0 Å². The molecule has 4 rings (SSSR count). The molecule has 0 amide bonds. The maximum absolute atomic E-state index is 12.3. The number of nitrogens with zero attached hydrogens (tertiary/aromatic N) is 5. The largest absolute Gasteiger partial charge is 0.396 e. The van der Waals surface area contributed by atoms with Crippen LogP contribution in [0.15, 0.2) is 41.8 Å². The molecular weight excluding hydrogens is 434 g/mol. The van der Waals surface area contributed by atoms with Crippen LogP contribution in [0.25, 0.3) is 21.1 Å². The zero-order chi connectivity index (χ0) is 22.0. The Morgan fingerprint density at radius 3 is 2.81 bits per heavy atom. The molecule has 0 spiro atoms. The quantitative estimate of drug-likeness (QED) is 0.412. The molecule has 1 aliphatic heterocycles. The minimum Gasteiger partial charge on any atom is -0.396 e. The molecule has 1 aliphatic rings. The molecule has 0 radical (unpaired) electrons. The third-order valence-corrected chi connectivity index (χ3v) is 7.18. The first-order valence-corrected chi connectivity index (χ1v) is 12.6. The fourth-order valence-electron chi connectivity index (χ4n) is 3.33. The summed E-state index contributed by atoms with van der Waals surface area (Å²) in [5.74, 6) is 0. The first-order valence-electron chi connectivity index (χ1n) is 9.94. The minimum atomic E-state index is -3.42. The number of oxime groups is 1. The van der Waals surface area contributed by atoms with Crippen molar-refractivity contribution in [2.45, 2.75) is 26.7 Å². The summed E-state index contributed by atoms with van der Waals surface area (Å²) in [5.41, 5.74) is 4.22. The Morgan fingerprint density at radius 1 is 1.26 bits per heavy atom. The number of aromatic nitrogens is 3. The summed E-state index contributed by atoms with van der Waals surface area (Å²) in [6.07, 6.45) is 5.98. The molecule has 10 heteroatoms. The highest BCUT2D eigenvalue weighted by Crippen LogP contribution is 2.36. The van der Waals surface area contributed by atoms with Gasteiger partial charge in [0.2, 0.25) is 10.0 Å². The van der Waals surface area contributed by atoms with Gasteiger partial charge in [-0.25, -0.2) is 18.4 Å². The van der Waals surface area contributed by atoms with E-state index in [1.165, 1.54) is 21.9 Å². The summed E-state index contributed by atoms with van der Waals surface area (Å²) < 4.78 is 26.0. The van der Waals surface area contributed by atoms with Crippen LogP contribution < -0.4 is 4.31 Å². The molecule has 3 aromatic rings. The Balaban J connectivity index is 1.79. The molecule has 0 aromatic carbocycles. The highest BCUT2D eigenvalue weighted by atomic mass is 32.2.